The van der Waals surface area contributed by atoms with Crippen LogP contribution in [0.25, 0.3) is 104 Å². The van der Waals surface area contributed by atoms with Crippen LogP contribution >= 0.6 is 11.3 Å². The molecule has 64 heavy (non-hydrogen) atoms. The first-order valence-corrected chi connectivity index (χ1v) is 22.3. The lowest BCUT2D eigenvalue weighted by Crippen LogP contribution is -2.25. The van der Waals surface area contributed by atoms with Crippen molar-refractivity contribution >= 4 is 37.2 Å². The summed E-state index contributed by atoms with van der Waals surface area (Å²) in [7, 11) is 0. The molecule has 2 aliphatic rings. The van der Waals surface area contributed by atoms with Gasteiger partial charge >= 0.3 is 0 Å². The zero-order valence-corrected chi connectivity index (χ0v) is 35.1. The number of nitrogens with zero attached hydrogens (tertiary/aromatic N) is 4. The Morgan fingerprint density at radius 3 is 1.45 bits per heavy atom. The fourth-order valence-electron chi connectivity index (χ4n) is 10.4. The van der Waals surface area contributed by atoms with Gasteiger partial charge in [-0.1, -0.05) is 182 Å². The molecule has 0 saturated carbocycles. The molecule has 11 aromatic rings. The number of hydrogen-bond donors (Lipinski definition) is 0. The Morgan fingerprint density at radius 1 is 0.359 bits per heavy atom. The molecule has 0 saturated heterocycles. The van der Waals surface area contributed by atoms with E-state index in [0.717, 1.165) is 48.0 Å². The van der Waals surface area contributed by atoms with E-state index >= 15 is 0 Å². The average Bonchev–Trinajstić information content (AvgIpc) is 4.00. The maximum Gasteiger partial charge on any atom is 0.187 e. The topological polar surface area (TPSA) is 43.0 Å². The van der Waals surface area contributed by atoms with E-state index < -0.39 is 0 Å². The minimum Gasteiger partial charge on any atom is -0.238 e. The molecular formula is C59H34N4S. The molecule has 2 aliphatic carbocycles. The molecule has 2 aromatic heterocycles. The summed E-state index contributed by atoms with van der Waals surface area (Å²) >= 11 is 1.73. The Morgan fingerprint density at radius 2 is 0.812 bits per heavy atom. The van der Waals surface area contributed by atoms with E-state index in [1.54, 1.807) is 11.3 Å². The van der Waals surface area contributed by atoms with E-state index in [1.165, 1.54) is 55.6 Å². The van der Waals surface area contributed by atoms with Crippen LogP contribution < -0.4 is 0 Å². The third-order valence-electron chi connectivity index (χ3n) is 13.2. The summed E-state index contributed by atoms with van der Waals surface area (Å²) in [6, 6.07) is 73.7. The summed E-state index contributed by atoms with van der Waals surface area (Å²) in [5.74, 6) is 1.83. The van der Waals surface area contributed by atoms with E-state index in [4.69, 9.17) is 21.5 Å². The van der Waals surface area contributed by atoms with Crippen LogP contribution in [0.15, 0.2) is 206 Å². The zero-order valence-electron chi connectivity index (χ0n) is 34.3. The second kappa shape index (κ2) is 14.1. The van der Waals surface area contributed by atoms with E-state index in [2.05, 4.69) is 163 Å². The van der Waals surface area contributed by atoms with E-state index in [1.807, 2.05) is 48.5 Å². The molecule has 2 heterocycles. The molecule has 0 unspecified atom stereocenters. The van der Waals surface area contributed by atoms with Crippen molar-refractivity contribution in [3.8, 4) is 78.7 Å². The van der Waals surface area contributed by atoms with E-state index in [9.17, 15) is 0 Å². The molecule has 0 N–H and O–H groups in total. The van der Waals surface area contributed by atoms with E-state index in [-0.39, 0.29) is 5.41 Å². The van der Waals surface area contributed by atoms with Gasteiger partial charge in [0.25, 0.3) is 0 Å². The minimum atomic E-state index is -0.367. The van der Waals surface area contributed by atoms with Crippen molar-refractivity contribution in [1.82, 2.24) is 15.0 Å². The van der Waals surface area contributed by atoms with Crippen molar-refractivity contribution in [3.05, 3.63) is 240 Å². The molecule has 0 fully saturated rings. The number of fused-ring (bicyclic) bond motifs is 13. The van der Waals surface area contributed by atoms with E-state index in [0.29, 0.717) is 23.2 Å². The lowest BCUT2D eigenvalue weighted by molar-refractivity contribution is 0.794. The summed E-state index contributed by atoms with van der Waals surface area (Å²) in [4.78, 5) is 18.8. The molecule has 0 amide bonds. The summed E-state index contributed by atoms with van der Waals surface area (Å²) in [6.45, 7) is 7.57. The summed E-state index contributed by atoms with van der Waals surface area (Å²) in [6.07, 6.45) is 0. The molecular weight excluding hydrogens is 797 g/mol. The Labute approximate surface area is 374 Å². The highest BCUT2D eigenvalue weighted by Gasteiger charge is 2.51. The molecule has 0 atom stereocenters. The highest BCUT2D eigenvalue weighted by molar-refractivity contribution is 7.25. The van der Waals surface area contributed by atoms with Gasteiger partial charge in [-0.25, -0.2) is 19.8 Å². The van der Waals surface area contributed by atoms with Crippen molar-refractivity contribution in [1.29, 1.82) is 0 Å². The van der Waals surface area contributed by atoms with Gasteiger partial charge in [0.1, 0.15) is 0 Å². The van der Waals surface area contributed by atoms with Gasteiger partial charge in [-0.15, -0.1) is 11.3 Å². The Hall–Kier alpha value is -8.30. The summed E-state index contributed by atoms with van der Waals surface area (Å²) < 4.78 is 2.31. The Balaban J connectivity index is 0.865. The molecule has 4 nitrogen and oxygen atoms in total. The van der Waals surface area contributed by atoms with Crippen LogP contribution in [0.1, 0.15) is 22.3 Å². The number of rotatable bonds is 5. The maximum atomic E-state index is 7.57. The van der Waals surface area contributed by atoms with Crippen molar-refractivity contribution < 1.29 is 0 Å². The van der Waals surface area contributed by atoms with Crippen molar-refractivity contribution in [2.75, 3.05) is 0 Å². The van der Waals surface area contributed by atoms with Crippen LogP contribution in [-0.4, -0.2) is 15.0 Å². The van der Waals surface area contributed by atoms with Gasteiger partial charge in [-0.05, 0) is 102 Å². The van der Waals surface area contributed by atoms with Gasteiger partial charge in [-0.3, -0.25) is 0 Å². The normalized spacial score (nSPS) is 12.8. The first-order chi connectivity index (χ1) is 31.7. The number of aromatic nitrogens is 3. The van der Waals surface area contributed by atoms with Crippen LogP contribution in [0.4, 0.5) is 5.69 Å². The van der Waals surface area contributed by atoms with Gasteiger partial charge < -0.3 is 0 Å². The first-order valence-electron chi connectivity index (χ1n) is 21.5. The van der Waals surface area contributed by atoms with Crippen molar-refractivity contribution in [3.63, 3.8) is 0 Å². The first kappa shape index (κ1) is 36.4. The minimum absolute atomic E-state index is 0.367. The van der Waals surface area contributed by atoms with Crippen LogP contribution in [0.3, 0.4) is 0 Å². The zero-order chi connectivity index (χ0) is 42.4. The fourth-order valence-corrected chi connectivity index (χ4v) is 11.4. The quantitative estimate of drug-likeness (QED) is 0.162. The molecule has 5 heteroatoms. The Bertz CT molecular complexity index is 3680. The van der Waals surface area contributed by atoms with Crippen LogP contribution in [0.2, 0.25) is 0 Å². The van der Waals surface area contributed by atoms with Gasteiger partial charge in [-0.2, -0.15) is 0 Å². The van der Waals surface area contributed by atoms with Crippen molar-refractivity contribution in [2.45, 2.75) is 5.41 Å². The predicted molar refractivity (Wildman–Crippen MR) is 262 cm³/mol. The third-order valence-corrected chi connectivity index (χ3v) is 14.4. The molecule has 0 bridgehead atoms. The SMILES string of the molecule is [C-]#[N+]c1ccc2sc3ccc(-c4nc(-c5ccccc5)nc(-c5ccc(-c6ccc(-c7cccc8c7-c7ccccc7C87c8ccccc8-c8ccccc87)cc6)cc5)n4)cc3c2c1. The molecule has 0 radical (unpaired) electrons. The van der Waals surface area contributed by atoms with Gasteiger partial charge in [0.2, 0.25) is 0 Å². The second-order valence-electron chi connectivity index (χ2n) is 16.5. The van der Waals surface area contributed by atoms with Gasteiger partial charge in [0, 0.05) is 26.1 Å². The van der Waals surface area contributed by atoms with Gasteiger partial charge in [0.15, 0.2) is 23.2 Å². The summed E-state index contributed by atoms with van der Waals surface area (Å²) in [5.41, 5.74) is 18.3. The highest BCUT2D eigenvalue weighted by atomic mass is 32.1. The highest BCUT2D eigenvalue weighted by Crippen LogP contribution is 2.64. The molecule has 9 aromatic carbocycles. The lowest BCUT2D eigenvalue weighted by Gasteiger charge is -2.30. The van der Waals surface area contributed by atoms with Crippen LogP contribution in [-0.2, 0) is 5.41 Å². The number of benzene rings is 9. The largest absolute Gasteiger partial charge is 0.238 e. The van der Waals surface area contributed by atoms with Crippen LogP contribution in [0.5, 0.6) is 0 Å². The molecule has 1 spiro atoms. The monoisotopic (exact) mass is 830 g/mol. The second-order valence-corrected chi connectivity index (χ2v) is 17.6. The third kappa shape index (κ3) is 5.37. The maximum absolute atomic E-state index is 7.57. The van der Waals surface area contributed by atoms with Crippen LogP contribution in [0, 0.1) is 6.57 Å². The predicted octanol–water partition coefficient (Wildman–Crippen LogP) is 15.5. The average molecular weight is 831 g/mol. The summed E-state index contributed by atoms with van der Waals surface area (Å²) in [5, 5.41) is 2.17. The molecule has 0 aliphatic heterocycles. The van der Waals surface area contributed by atoms with Gasteiger partial charge in [0.05, 0.1) is 12.0 Å². The number of thiophene rings is 1. The Kier molecular flexibility index (Phi) is 8.02. The number of hydrogen-bond acceptors (Lipinski definition) is 4. The fraction of sp³-hybridized carbons (Fsp3) is 0.0169. The molecule has 296 valence electrons. The molecule has 13 rings (SSSR count). The van der Waals surface area contributed by atoms with Crippen molar-refractivity contribution in [2.24, 2.45) is 0 Å². The lowest BCUT2D eigenvalue weighted by atomic mass is 9.70. The smallest absolute Gasteiger partial charge is 0.187 e. The standard InChI is InChI=1S/C59H34N4S/c1-60-42-31-33-54-48(35-42)47-34-41(30-32-53(47)64-54)58-62-56(39-12-3-2-4-13-39)61-57(63-58)40-28-24-37(25-29-40)36-22-26-38(27-23-36)43-17-11-21-52-55(43)46-16-7-10-20-51(46)59(52)49-18-8-5-14-44(49)45-15-6-9-19-50(45)59/h2-35H.